The summed E-state index contributed by atoms with van der Waals surface area (Å²) in [5, 5.41) is 2.12. The Morgan fingerprint density at radius 1 is 1.00 bits per heavy atom. The number of thiophene rings is 1. The van der Waals surface area contributed by atoms with Gasteiger partial charge in [-0.15, -0.1) is 11.3 Å². The summed E-state index contributed by atoms with van der Waals surface area (Å²) < 4.78 is 0. The van der Waals surface area contributed by atoms with E-state index < -0.39 is 0 Å². The fourth-order valence-corrected chi connectivity index (χ4v) is 2.26. The summed E-state index contributed by atoms with van der Waals surface area (Å²) >= 11 is 1.80. The molecule has 0 bridgehead atoms. The lowest BCUT2D eigenvalue weighted by molar-refractivity contribution is 1.35. The molecule has 14 heavy (non-hydrogen) atoms. The van der Waals surface area contributed by atoms with E-state index in [1.165, 1.54) is 21.6 Å². The topological polar surface area (TPSA) is 0 Å². The second-order valence-corrected chi connectivity index (χ2v) is 4.17. The van der Waals surface area contributed by atoms with Gasteiger partial charge in [0.25, 0.3) is 0 Å². The smallest absolute Gasteiger partial charge is 0.144 e. The van der Waals surface area contributed by atoms with Crippen molar-refractivity contribution < 1.29 is 0 Å². The summed E-state index contributed by atoms with van der Waals surface area (Å²) in [6, 6.07) is 10.7. The molecular formula is C12H15AlS. The van der Waals surface area contributed by atoms with Crippen LogP contribution in [-0.4, -0.2) is 17.4 Å². The zero-order valence-electron chi connectivity index (χ0n) is 7.87. The van der Waals surface area contributed by atoms with Gasteiger partial charge in [0.1, 0.15) is 0 Å². The van der Waals surface area contributed by atoms with Crippen LogP contribution in [0.1, 0.15) is 11.1 Å². The standard InChI is InChI=1S/C12H12S.Al.3H/c1-9-5-3-6-11(10(9)2)12-7-4-8-13-12;;;;/h3-8H,1-2H3;;;;. The van der Waals surface area contributed by atoms with Crippen molar-refractivity contribution >= 4 is 28.7 Å². The third kappa shape index (κ3) is 2.09. The van der Waals surface area contributed by atoms with Gasteiger partial charge < -0.3 is 0 Å². The van der Waals surface area contributed by atoms with Gasteiger partial charge in [-0.3, -0.25) is 0 Å². The predicted molar refractivity (Wildman–Crippen MR) is 69.2 cm³/mol. The lowest BCUT2D eigenvalue weighted by atomic mass is 10.0. The van der Waals surface area contributed by atoms with Crippen molar-refractivity contribution in [1.29, 1.82) is 0 Å². The number of hydrogen-bond donors (Lipinski definition) is 0. The van der Waals surface area contributed by atoms with Gasteiger partial charge in [0.15, 0.2) is 17.4 Å². The molecule has 0 nitrogen and oxygen atoms in total. The zero-order valence-corrected chi connectivity index (χ0v) is 8.69. The van der Waals surface area contributed by atoms with E-state index in [0.29, 0.717) is 0 Å². The minimum absolute atomic E-state index is 0. The van der Waals surface area contributed by atoms with Crippen molar-refractivity contribution in [2.75, 3.05) is 0 Å². The molecule has 0 atom stereocenters. The maximum absolute atomic E-state index is 2.19. The van der Waals surface area contributed by atoms with Crippen LogP contribution in [0.3, 0.4) is 0 Å². The van der Waals surface area contributed by atoms with E-state index in [1.54, 1.807) is 11.3 Å². The molecule has 0 amide bonds. The van der Waals surface area contributed by atoms with Gasteiger partial charge in [0.2, 0.25) is 0 Å². The van der Waals surface area contributed by atoms with E-state index >= 15 is 0 Å². The number of hydrogen-bond acceptors (Lipinski definition) is 1. The van der Waals surface area contributed by atoms with Crippen LogP contribution < -0.4 is 0 Å². The fraction of sp³-hybridized carbons (Fsp3) is 0.167. The van der Waals surface area contributed by atoms with Crippen molar-refractivity contribution in [3.8, 4) is 10.4 Å². The Kier molecular flexibility index (Phi) is 3.95. The molecule has 0 aliphatic heterocycles. The van der Waals surface area contributed by atoms with E-state index in [9.17, 15) is 0 Å². The Balaban J connectivity index is 0.000000980. The number of benzene rings is 1. The molecule has 1 heterocycles. The van der Waals surface area contributed by atoms with E-state index in [0.717, 1.165) is 0 Å². The predicted octanol–water partition coefficient (Wildman–Crippen LogP) is 2.85. The van der Waals surface area contributed by atoms with Crippen LogP contribution in [0.2, 0.25) is 0 Å². The minimum Gasteiger partial charge on any atom is -0.144 e. The third-order valence-electron chi connectivity index (χ3n) is 2.39. The van der Waals surface area contributed by atoms with Crippen molar-refractivity contribution in [3.05, 3.63) is 46.8 Å². The molecule has 0 radical (unpaired) electrons. The Hall–Kier alpha value is -0.548. The van der Waals surface area contributed by atoms with Crippen LogP contribution in [0.5, 0.6) is 0 Å². The normalized spacial score (nSPS) is 9.57. The molecule has 2 aromatic rings. The highest BCUT2D eigenvalue weighted by atomic mass is 32.1. The monoisotopic (exact) mass is 218 g/mol. The average Bonchev–Trinajstić information content (AvgIpc) is 2.62. The van der Waals surface area contributed by atoms with E-state index in [1.807, 2.05) is 0 Å². The first-order valence-electron chi connectivity index (χ1n) is 4.39. The Morgan fingerprint density at radius 3 is 2.43 bits per heavy atom. The molecule has 0 saturated heterocycles. The van der Waals surface area contributed by atoms with E-state index in [2.05, 4.69) is 49.6 Å². The summed E-state index contributed by atoms with van der Waals surface area (Å²) in [5.74, 6) is 0. The molecule has 0 spiro atoms. The maximum Gasteiger partial charge on any atom is 0.187 e. The SMILES string of the molecule is Cc1cccc(-c2cccs2)c1C.[AlH3]. The van der Waals surface area contributed by atoms with Crippen LogP contribution in [0.15, 0.2) is 35.7 Å². The molecule has 72 valence electrons. The number of rotatable bonds is 1. The molecule has 0 unspecified atom stereocenters. The Morgan fingerprint density at radius 2 is 1.79 bits per heavy atom. The van der Waals surface area contributed by atoms with Crippen LogP contribution in [0.25, 0.3) is 10.4 Å². The molecule has 2 heteroatoms. The summed E-state index contributed by atoms with van der Waals surface area (Å²) in [5.41, 5.74) is 4.13. The lowest BCUT2D eigenvalue weighted by Gasteiger charge is -2.05. The molecule has 0 aliphatic carbocycles. The molecule has 0 saturated carbocycles. The molecule has 0 aliphatic rings. The maximum atomic E-state index is 2.19. The second-order valence-electron chi connectivity index (χ2n) is 3.22. The largest absolute Gasteiger partial charge is 0.187 e. The highest BCUT2D eigenvalue weighted by molar-refractivity contribution is 7.13. The summed E-state index contributed by atoms with van der Waals surface area (Å²) in [4.78, 5) is 1.36. The van der Waals surface area contributed by atoms with Gasteiger partial charge in [0.05, 0.1) is 0 Å². The molecule has 0 fully saturated rings. The third-order valence-corrected chi connectivity index (χ3v) is 3.29. The van der Waals surface area contributed by atoms with E-state index in [4.69, 9.17) is 0 Å². The first-order valence-corrected chi connectivity index (χ1v) is 5.27. The molecule has 0 N–H and O–H groups in total. The molecule has 2 rings (SSSR count). The van der Waals surface area contributed by atoms with Gasteiger partial charge in [-0.25, -0.2) is 0 Å². The highest BCUT2D eigenvalue weighted by Crippen LogP contribution is 2.28. The zero-order chi connectivity index (χ0) is 9.26. The minimum atomic E-state index is 0. The van der Waals surface area contributed by atoms with Gasteiger partial charge in [-0.05, 0) is 42.0 Å². The Labute approximate surface area is 99.7 Å². The van der Waals surface area contributed by atoms with Crippen LogP contribution in [0.4, 0.5) is 0 Å². The lowest BCUT2D eigenvalue weighted by Crippen LogP contribution is -1.83. The Bertz CT molecular complexity index is 404. The van der Waals surface area contributed by atoms with Gasteiger partial charge >= 0.3 is 0 Å². The first kappa shape index (κ1) is 11.5. The van der Waals surface area contributed by atoms with Crippen molar-refractivity contribution in [2.45, 2.75) is 13.8 Å². The fourth-order valence-electron chi connectivity index (χ4n) is 1.45. The summed E-state index contributed by atoms with van der Waals surface area (Å²) in [7, 11) is 0. The number of aryl methyl sites for hydroxylation is 1. The first-order chi connectivity index (χ1) is 6.29. The highest BCUT2D eigenvalue weighted by Gasteiger charge is 2.03. The second kappa shape index (κ2) is 4.80. The van der Waals surface area contributed by atoms with Crippen molar-refractivity contribution in [1.82, 2.24) is 0 Å². The van der Waals surface area contributed by atoms with Gasteiger partial charge in [-0.2, -0.15) is 0 Å². The van der Waals surface area contributed by atoms with Gasteiger partial charge in [-0.1, -0.05) is 24.3 Å². The summed E-state index contributed by atoms with van der Waals surface area (Å²) in [6.45, 7) is 4.34. The molecule has 1 aromatic carbocycles. The molecular weight excluding hydrogens is 203 g/mol. The molecule has 1 aromatic heterocycles. The summed E-state index contributed by atoms with van der Waals surface area (Å²) in [6.07, 6.45) is 0. The van der Waals surface area contributed by atoms with Crippen molar-refractivity contribution in [2.24, 2.45) is 0 Å². The van der Waals surface area contributed by atoms with Crippen LogP contribution >= 0.6 is 11.3 Å². The average molecular weight is 218 g/mol. The van der Waals surface area contributed by atoms with Crippen LogP contribution in [0, 0.1) is 13.8 Å². The van der Waals surface area contributed by atoms with Crippen LogP contribution in [-0.2, 0) is 0 Å². The van der Waals surface area contributed by atoms with Gasteiger partial charge in [0, 0.05) is 4.88 Å². The van der Waals surface area contributed by atoms with E-state index in [-0.39, 0.29) is 17.4 Å². The quantitative estimate of drug-likeness (QED) is 0.646. The van der Waals surface area contributed by atoms with Crippen molar-refractivity contribution in [3.63, 3.8) is 0 Å².